The summed E-state index contributed by atoms with van der Waals surface area (Å²) in [5, 5.41) is 23.9. The summed E-state index contributed by atoms with van der Waals surface area (Å²) < 4.78 is 10.6. The average Bonchev–Trinajstić information content (AvgIpc) is 2.59. The van der Waals surface area contributed by atoms with Crippen molar-refractivity contribution in [3.05, 3.63) is 57.6 Å². The van der Waals surface area contributed by atoms with Crippen molar-refractivity contribution in [1.29, 1.82) is 0 Å². The van der Waals surface area contributed by atoms with Crippen molar-refractivity contribution in [1.82, 2.24) is 5.32 Å². The molecule has 0 fully saturated rings. The number of methoxy groups -OCH3 is 2. The number of benzene rings is 2. The molecule has 24 heavy (non-hydrogen) atoms. The quantitative estimate of drug-likeness (QED) is 0.597. The van der Waals surface area contributed by atoms with Crippen molar-refractivity contribution in [3.8, 4) is 17.2 Å². The molecular weight excluding hydrogens is 312 g/mol. The highest BCUT2D eigenvalue weighted by atomic mass is 16.6. The smallest absolute Gasteiger partial charge is 0.270 e. The Bertz CT molecular complexity index is 733. The summed E-state index contributed by atoms with van der Waals surface area (Å²) in [7, 11) is 3.17. The minimum absolute atomic E-state index is 0.0157. The fourth-order valence-corrected chi connectivity index (χ4v) is 2.38. The Hall–Kier alpha value is -2.80. The second kappa shape index (κ2) is 7.65. The molecule has 1 atom stereocenters. The lowest BCUT2D eigenvalue weighted by Gasteiger charge is -2.18. The van der Waals surface area contributed by atoms with E-state index in [-0.39, 0.29) is 24.0 Å². The molecule has 2 aromatic rings. The normalized spacial score (nSPS) is 11.8. The third-order valence-electron chi connectivity index (χ3n) is 3.78. The predicted molar refractivity (Wildman–Crippen MR) is 89.6 cm³/mol. The summed E-state index contributed by atoms with van der Waals surface area (Å²) in [5.74, 6) is 1.39. The molecule has 0 saturated heterocycles. The van der Waals surface area contributed by atoms with Gasteiger partial charge in [0.05, 0.1) is 19.1 Å². The Morgan fingerprint density at radius 3 is 2.58 bits per heavy atom. The van der Waals surface area contributed by atoms with Crippen LogP contribution in [-0.2, 0) is 6.54 Å². The van der Waals surface area contributed by atoms with Gasteiger partial charge in [-0.25, -0.2) is 0 Å². The second-order valence-corrected chi connectivity index (χ2v) is 5.28. The van der Waals surface area contributed by atoms with E-state index in [0.717, 1.165) is 5.56 Å². The number of aromatic hydroxyl groups is 1. The number of nitro benzene ring substituents is 1. The lowest BCUT2D eigenvalue weighted by molar-refractivity contribution is -0.384. The Morgan fingerprint density at radius 2 is 1.96 bits per heavy atom. The van der Waals surface area contributed by atoms with Gasteiger partial charge in [0.1, 0.15) is 17.2 Å². The number of phenolic OH excluding ortho intramolecular Hbond substituents is 1. The van der Waals surface area contributed by atoms with Gasteiger partial charge in [-0.15, -0.1) is 0 Å². The van der Waals surface area contributed by atoms with E-state index in [1.54, 1.807) is 20.3 Å². The van der Waals surface area contributed by atoms with Crippen molar-refractivity contribution >= 4 is 5.69 Å². The first kappa shape index (κ1) is 17.6. The fourth-order valence-electron chi connectivity index (χ4n) is 2.38. The molecule has 0 unspecified atom stereocenters. The molecule has 7 heteroatoms. The third-order valence-corrected chi connectivity index (χ3v) is 3.78. The molecule has 0 aliphatic rings. The van der Waals surface area contributed by atoms with Crippen molar-refractivity contribution < 1.29 is 19.5 Å². The summed E-state index contributed by atoms with van der Waals surface area (Å²) in [4.78, 5) is 10.4. The monoisotopic (exact) mass is 332 g/mol. The summed E-state index contributed by atoms with van der Waals surface area (Å²) in [6.07, 6.45) is 0. The summed E-state index contributed by atoms with van der Waals surface area (Å²) >= 11 is 0. The van der Waals surface area contributed by atoms with Gasteiger partial charge in [0, 0.05) is 41.9 Å². The van der Waals surface area contributed by atoms with Gasteiger partial charge in [0.2, 0.25) is 0 Å². The number of hydrogen-bond acceptors (Lipinski definition) is 6. The van der Waals surface area contributed by atoms with E-state index in [1.807, 2.05) is 19.1 Å². The molecule has 0 spiro atoms. The average molecular weight is 332 g/mol. The van der Waals surface area contributed by atoms with Gasteiger partial charge in [-0.05, 0) is 19.1 Å². The van der Waals surface area contributed by atoms with Gasteiger partial charge in [-0.1, -0.05) is 6.07 Å². The van der Waals surface area contributed by atoms with Gasteiger partial charge >= 0.3 is 0 Å². The van der Waals surface area contributed by atoms with E-state index in [1.165, 1.54) is 18.2 Å². The maximum Gasteiger partial charge on any atom is 0.270 e. The number of nitrogens with one attached hydrogen (secondary N) is 1. The molecule has 0 saturated carbocycles. The first-order valence-corrected chi connectivity index (χ1v) is 7.37. The molecular formula is C17H20N2O5. The van der Waals surface area contributed by atoms with Gasteiger partial charge in [-0.3, -0.25) is 10.1 Å². The van der Waals surface area contributed by atoms with Crippen molar-refractivity contribution in [2.45, 2.75) is 19.5 Å². The maximum absolute atomic E-state index is 10.8. The van der Waals surface area contributed by atoms with Crippen LogP contribution in [0.4, 0.5) is 5.69 Å². The maximum atomic E-state index is 10.8. The Balaban J connectivity index is 2.15. The van der Waals surface area contributed by atoms with Crippen molar-refractivity contribution in [2.24, 2.45) is 0 Å². The highest BCUT2D eigenvalue weighted by molar-refractivity contribution is 5.44. The molecule has 0 radical (unpaired) electrons. The van der Waals surface area contributed by atoms with Crippen LogP contribution in [-0.4, -0.2) is 24.2 Å². The first-order chi connectivity index (χ1) is 11.5. The predicted octanol–water partition coefficient (Wildman–Crippen LogP) is 3.17. The van der Waals surface area contributed by atoms with Crippen LogP contribution >= 0.6 is 0 Å². The SMILES string of the molecule is COc1ccc([C@H](C)NCc2cc([N+](=O)[O-])ccc2O)c(OC)c1. The highest BCUT2D eigenvalue weighted by Crippen LogP contribution is 2.30. The summed E-state index contributed by atoms with van der Waals surface area (Å²) in [6.45, 7) is 2.22. The number of phenols is 1. The molecule has 0 aliphatic heterocycles. The number of ether oxygens (including phenoxy) is 2. The molecule has 0 bridgehead atoms. The number of rotatable bonds is 7. The zero-order chi connectivity index (χ0) is 17.7. The lowest BCUT2D eigenvalue weighted by Crippen LogP contribution is -2.19. The number of hydrogen-bond donors (Lipinski definition) is 2. The van der Waals surface area contributed by atoms with Gasteiger partial charge < -0.3 is 19.9 Å². The number of nitrogens with zero attached hydrogens (tertiary/aromatic N) is 1. The summed E-state index contributed by atoms with van der Waals surface area (Å²) in [5.41, 5.74) is 1.33. The van der Waals surface area contributed by atoms with Crippen LogP contribution in [0.2, 0.25) is 0 Å². The van der Waals surface area contributed by atoms with E-state index < -0.39 is 4.92 Å². The van der Waals surface area contributed by atoms with E-state index in [2.05, 4.69) is 5.32 Å². The Morgan fingerprint density at radius 1 is 1.21 bits per heavy atom. The van der Waals surface area contributed by atoms with E-state index >= 15 is 0 Å². The molecule has 2 rings (SSSR count). The molecule has 0 aliphatic carbocycles. The molecule has 2 aromatic carbocycles. The lowest BCUT2D eigenvalue weighted by atomic mass is 10.1. The number of nitro groups is 1. The van der Waals surface area contributed by atoms with Gasteiger partial charge in [0.25, 0.3) is 5.69 Å². The van der Waals surface area contributed by atoms with E-state index in [9.17, 15) is 15.2 Å². The van der Waals surface area contributed by atoms with E-state index in [4.69, 9.17) is 9.47 Å². The molecule has 2 N–H and O–H groups in total. The van der Waals surface area contributed by atoms with Crippen LogP contribution in [0.1, 0.15) is 24.1 Å². The fraction of sp³-hybridized carbons (Fsp3) is 0.294. The van der Waals surface area contributed by atoms with Crippen molar-refractivity contribution in [2.75, 3.05) is 14.2 Å². The molecule has 7 nitrogen and oxygen atoms in total. The van der Waals surface area contributed by atoms with Crippen LogP contribution in [0.25, 0.3) is 0 Å². The van der Waals surface area contributed by atoms with Crippen LogP contribution in [0.15, 0.2) is 36.4 Å². The van der Waals surface area contributed by atoms with Crippen LogP contribution in [0, 0.1) is 10.1 Å². The molecule has 0 heterocycles. The first-order valence-electron chi connectivity index (χ1n) is 7.37. The molecule has 128 valence electrons. The second-order valence-electron chi connectivity index (χ2n) is 5.28. The van der Waals surface area contributed by atoms with Gasteiger partial charge in [-0.2, -0.15) is 0 Å². The third kappa shape index (κ3) is 3.94. The van der Waals surface area contributed by atoms with Crippen LogP contribution < -0.4 is 14.8 Å². The highest BCUT2D eigenvalue weighted by Gasteiger charge is 2.15. The van der Waals surface area contributed by atoms with E-state index in [0.29, 0.717) is 17.1 Å². The molecule has 0 amide bonds. The summed E-state index contributed by atoms with van der Waals surface area (Å²) in [6, 6.07) is 9.38. The van der Waals surface area contributed by atoms with Gasteiger partial charge in [0.15, 0.2) is 0 Å². The minimum atomic E-state index is -0.487. The topological polar surface area (TPSA) is 93.9 Å². The van der Waals surface area contributed by atoms with Crippen LogP contribution in [0.3, 0.4) is 0 Å². The minimum Gasteiger partial charge on any atom is -0.508 e. The van der Waals surface area contributed by atoms with Crippen molar-refractivity contribution in [3.63, 3.8) is 0 Å². The number of non-ortho nitro benzene ring substituents is 1. The van der Waals surface area contributed by atoms with Crippen LogP contribution in [0.5, 0.6) is 17.2 Å². The zero-order valence-corrected chi connectivity index (χ0v) is 13.8. The standard InChI is InChI=1S/C17H20N2O5/c1-11(15-6-5-14(23-2)9-17(15)24-3)18-10-12-8-13(19(21)22)4-7-16(12)20/h4-9,11,18,20H,10H2,1-3H3/t11-/m0/s1. The largest absolute Gasteiger partial charge is 0.508 e. The Labute approximate surface area is 140 Å². The zero-order valence-electron chi connectivity index (χ0n) is 13.8. The molecule has 0 aromatic heterocycles. The Kier molecular flexibility index (Phi) is 5.59.